The normalized spacial score (nSPS) is 13.6. The van der Waals surface area contributed by atoms with Gasteiger partial charge < -0.3 is 10.1 Å². The van der Waals surface area contributed by atoms with Gasteiger partial charge in [-0.1, -0.05) is 52.0 Å². The van der Waals surface area contributed by atoms with Gasteiger partial charge in [-0.25, -0.2) is 0 Å². The molecule has 3 rings (SSSR count). The number of hydrazone groups is 1. The number of ether oxygens (including phenoxy) is 1. The second-order valence-electron chi connectivity index (χ2n) is 5.63. The van der Waals surface area contributed by atoms with Crippen LogP contribution in [-0.4, -0.2) is 40.8 Å². The molecule has 1 amide bonds. The second-order valence-corrected chi connectivity index (χ2v) is 7.49. The van der Waals surface area contributed by atoms with E-state index < -0.39 is 0 Å². The van der Waals surface area contributed by atoms with Gasteiger partial charge in [0.1, 0.15) is 12.3 Å². The molecule has 2 aromatic rings. The monoisotopic (exact) mass is 446 g/mol. The quantitative estimate of drug-likeness (QED) is 0.746. The van der Waals surface area contributed by atoms with Crippen LogP contribution in [0.4, 0.5) is 5.69 Å². The predicted molar refractivity (Wildman–Crippen MR) is 114 cm³/mol. The maximum atomic E-state index is 12.2. The van der Waals surface area contributed by atoms with E-state index in [2.05, 4.69) is 31.3 Å². The summed E-state index contributed by atoms with van der Waals surface area (Å²) in [4.78, 5) is 16.6. The molecular formula is C19H19BrN4O2S. The van der Waals surface area contributed by atoms with Crippen molar-refractivity contribution in [2.24, 2.45) is 10.1 Å². The summed E-state index contributed by atoms with van der Waals surface area (Å²) in [7, 11) is 0. The van der Waals surface area contributed by atoms with Gasteiger partial charge in [0.2, 0.25) is 17.0 Å². The highest BCUT2D eigenvalue weighted by Gasteiger charge is 2.17. The smallest absolute Gasteiger partial charge is 0.234 e. The zero-order valence-electron chi connectivity index (χ0n) is 14.8. The average Bonchev–Trinajstić information content (AvgIpc) is 2.67. The Morgan fingerprint density at radius 1 is 1.26 bits per heavy atom. The number of thioether (sulfide) groups is 1. The van der Waals surface area contributed by atoms with E-state index in [1.165, 1.54) is 11.8 Å². The van der Waals surface area contributed by atoms with Crippen LogP contribution in [0.1, 0.15) is 6.92 Å². The van der Waals surface area contributed by atoms with Gasteiger partial charge in [-0.3, -0.25) is 9.80 Å². The summed E-state index contributed by atoms with van der Waals surface area (Å²) >= 11 is 4.67. The van der Waals surface area contributed by atoms with Crippen LogP contribution in [0.15, 0.2) is 69.2 Å². The van der Waals surface area contributed by atoms with Crippen molar-refractivity contribution in [1.29, 1.82) is 0 Å². The lowest BCUT2D eigenvalue weighted by molar-refractivity contribution is -0.113. The first kappa shape index (κ1) is 19.4. The molecule has 2 aromatic carbocycles. The summed E-state index contributed by atoms with van der Waals surface area (Å²) in [6.07, 6.45) is 0. The van der Waals surface area contributed by atoms with E-state index in [4.69, 9.17) is 4.74 Å². The van der Waals surface area contributed by atoms with Crippen molar-refractivity contribution in [2.45, 2.75) is 6.92 Å². The Bertz CT molecular complexity index is 858. The number of hydrogen-bond donors (Lipinski definition) is 1. The van der Waals surface area contributed by atoms with Crippen molar-refractivity contribution in [1.82, 2.24) is 5.01 Å². The summed E-state index contributed by atoms with van der Waals surface area (Å²) in [5.74, 6) is 1.39. The van der Waals surface area contributed by atoms with Gasteiger partial charge in [0.25, 0.3) is 0 Å². The van der Waals surface area contributed by atoms with Crippen LogP contribution in [0.3, 0.4) is 0 Å². The lowest BCUT2D eigenvalue weighted by Crippen LogP contribution is -2.33. The molecule has 0 saturated heterocycles. The fourth-order valence-corrected chi connectivity index (χ4v) is 3.36. The molecule has 8 heteroatoms. The average molecular weight is 447 g/mol. The minimum absolute atomic E-state index is 0.116. The number of nitrogens with zero attached hydrogens (tertiary/aromatic N) is 3. The van der Waals surface area contributed by atoms with Crippen LogP contribution in [0.2, 0.25) is 0 Å². The van der Waals surface area contributed by atoms with Gasteiger partial charge in [-0.05, 0) is 37.3 Å². The molecule has 0 unspecified atom stereocenters. The van der Waals surface area contributed by atoms with Crippen LogP contribution in [0.25, 0.3) is 0 Å². The molecule has 1 N–H and O–H groups in total. The van der Waals surface area contributed by atoms with Crippen LogP contribution in [0, 0.1) is 0 Å². The lowest BCUT2D eigenvalue weighted by Gasteiger charge is -2.23. The first-order chi connectivity index (χ1) is 13.1. The third-order valence-electron chi connectivity index (χ3n) is 3.55. The van der Waals surface area contributed by atoms with Crippen molar-refractivity contribution in [2.75, 3.05) is 24.2 Å². The Hall–Kier alpha value is -2.32. The van der Waals surface area contributed by atoms with E-state index in [-0.39, 0.29) is 11.7 Å². The van der Waals surface area contributed by atoms with E-state index in [9.17, 15) is 4.79 Å². The third-order valence-corrected chi connectivity index (χ3v) is 4.88. The molecule has 0 radical (unpaired) electrons. The van der Waals surface area contributed by atoms with Gasteiger partial charge in [-0.15, -0.1) is 5.10 Å². The predicted octanol–water partition coefficient (Wildman–Crippen LogP) is 4.20. The van der Waals surface area contributed by atoms with Crippen molar-refractivity contribution >= 4 is 50.4 Å². The molecule has 1 heterocycles. The number of nitrogens with one attached hydrogen (secondary N) is 1. The molecule has 140 valence electrons. The van der Waals surface area contributed by atoms with Crippen LogP contribution in [-0.2, 0) is 4.79 Å². The molecule has 1 aliphatic rings. The van der Waals surface area contributed by atoms with E-state index in [1.54, 1.807) is 0 Å². The number of aliphatic imine (C=N–C) groups is 1. The molecule has 0 spiro atoms. The van der Waals surface area contributed by atoms with Gasteiger partial charge in [-0.2, -0.15) is 4.99 Å². The van der Waals surface area contributed by atoms with E-state index >= 15 is 0 Å². The highest BCUT2D eigenvalue weighted by atomic mass is 79.9. The van der Waals surface area contributed by atoms with Crippen LogP contribution < -0.4 is 10.1 Å². The third kappa shape index (κ3) is 6.11. The van der Waals surface area contributed by atoms with E-state index in [1.807, 2.05) is 66.5 Å². The summed E-state index contributed by atoms with van der Waals surface area (Å²) in [5, 5.41) is 9.68. The van der Waals surface area contributed by atoms with E-state index in [0.717, 1.165) is 22.5 Å². The molecule has 0 aromatic heterocycles. The van der Waals surface area contributed by atoms with Crippen molar-refractivity contribution < 1.29 is 9.53 Å². The summed E-state index contributed by atoms with van der Waals surface area (Å²) in [6, 6.07) is 17.0. The first-order valence-corrected chi connectivity index (χ1v) is 10.2. The molecule has 0 aliphatic carbocycles. The molecule has 1 aliphatic heterocycles. The first-order valence-electron chi connectivity index (χ1n) is 8.44. The Kier molecular flexibility index (Phi) is 6.89. The molecule has 0 saturated carbocycles. The molecule has 27 heavy (non-hydrogen) atoms. The Morgan fingerprint density at radius 3 is 2.81 bits per heavy atom. The number of benzene rings is 2. The maximum absolute atomic E-state index is 12.2. The van der Waals surface area contributed by atoms with Gasteiger partial charge in [0, 0.05) is 16.7 Å². The molecule has 0 bridgehead atoms. The number of carbonyl (C=O) groups excluding carboxylic acids is 1. The van der Waals surface area contributed by atoms with E-state index in [0.29, 0.717) is 17.6 Å². The Balaban J connectivity index is 1.60. The van der Waals surface area contributed by atoms with Crippen molar-refractivity contribution in [3.8, 4) is 5.75 Å². The SMILES string of the molecule is CCN1CC(Oc2ccccc2)=NC(SCC(=O)Nc2cccc(Br)c2)=N1. The molecule has 6 nitrogen and oxygen atoms in total. The number of rotatable bonds is 5. The molecule has 0 atom stereocenters. The van der Waals surface area contributed by atoms with Crippen molar-refractivity contribution in [3.63, 3.8) is 0 Å². The minimum atomic E-state index is -0.116. The Morgan fingerprint density at radius 2 is 2.07 bits per heavy atom. The lowest BCUT2D eigenvalue weighted by atomic mass is 10.3. The largest absolute Gasteiger partial charge is 0.441 e. The number of amides is 1. The number of hydrogen-bond acceptors (Lipinski definition) is 6. The number of anilines is 1. The van der Waals surface area contributed by atoms with Crippen molar-refractivity contribution in [3.05, 3.63) is 59.1 Å². The summed E-state index contributed by atoms with van der Waals surface area (Å²) in [6.45, 7) is 3.24. The number of carbonyl (C=O) groups is 1. The number of likely N-dealkylation sites (N-methyl/N-ethyl adjacent to an activating group) is 1. The fourth-order valence-electron chi connectivity index (χ4n) is 2.29. The number of para-hydroxylation sites is 1. The standard InChI is InChI=1S/C19H19BrN4O2S/c1-2-24-12-18(26-16-9-4-3-5-10-16)22-19(23-24)27-13-17(25)21-15-8-6-7-14(20)11-15/h3-11H,2,12-13H2,1H3,(H,21,25). The molecular weight excluding hydrogens is 428 g/mol. The zero-order chi connectivity index (χ0) is 19.1. The van der Waals surface area contributed by atoms with Crippen LogP contribution >= 0.6 is 27.7 Å². The number of halogens is 1. The maximum Gasteiger partial charge on any atom is 0.234 e. The van der Waals surface area contributed by atoms with Gasteiger partial charge in [0.05, 0.1) is 5.75 Å². The van der Waals surface area contributed by atoms with Gasteiger partial charge >= 0.3 is 0 Å². The topological polar surface area (TPSA) is 66.3 Å². The minimum Gasteiger partial charge on any atom is -0.441 e. The summed E-state index contributed by atoms with van der Waals surface area (Å²) < 4.78 is 6.75. The molecule has 0 fully saturated rings. The Labute approximate surface area is 170 Å². The second kappa shape index (κ2) is 9.57. The van der Waals surface area contributed by atoms with Crippen LogP contribution in [0.5, 0.6) is 5.75 Å². The highest BCUT2D eigenvalue weighted by molar-refractivity contribution is 9.10. The van der Waals surface area contributed by atoms with Gasteiger partial charge in [0.15, 0.2) is 0 Å². The summed E-state index contributed by atoms with van der Waals surface area (Å²) in [5.41, 5.74) is 0.743. The number of amidine groups is 1. The zero-order valence-corrected chi connectivity index (χ0v) is 17.2. The fraction of sp³-hybridized carbons (Fsp3) is 0.211. The highest BCUT2D eigenvalue weighted by Crippen LogP contribution is 2.18.